The molecule has 124 valence electrons. The lowest BCUT2D eigenvalue weighted by Crippen LogP contribution is -2.24. The van der Waals surface area contributed by atoms with Crippen LogP contribution in [-0.2, 0) is 24.4 Å². The van der Waals surface area contributed by atoms with E-state index in [-0.39, 0.29) is 24.5 Å². The number of aliphatic hydroxyl groups is 1. The summed E-state index contributed by atoms with van der Waals surface area (Å²) in [6, 6.07) is 10.5. The molecule has 0 aliphatic rings. The van der Waals surface area contributed by atoms with Crippen LogP contribution in [0.15, 0.2) is 42.6 Å². The number of para-hydroxylation sites is 1. The number of carbonyl (C=O) groups excluding carboxylic acids is 1. The van der Waals surface area contributed by atoms with E-state index >= 15 is 0 Å². The predicted molar refractivity (Wildman–Crippen MR) is 90.9 cm³/mol. The van der Waals surface area contributed by atoms with Crippen LogP contribution in [0.25, 0.3) is 10.9 Å². The van der Waals surface area contributed by atoms with Gasteiger partial charge in [-0.3, -0.25) is 4.79 Å². The fourth-order valence-electron chi connectivity index (χ4n) is 2.81. The Balaban J connectivity index is 1.66. The summed E-state index contributed by atoms with van der Waals surface area (Å²) in [4.78, 5) is 15.4. The first-order valence-electron chi connectivity index (χ1n) is 7.79. The van der Waals surface area contributed by atoms with Crippen LogP contribution < -0.4 is 5.32 Å². The summed E-state index contributed by atoms with van der Waals surface area (Å²) in [6.07, 6.45) is 2.14. The maximum Gasteiger partial charge on any atom is 0.224 e. The average Bonchev–Trinajstić information content (AvgIpc) is 2.98. The fourth-order valence-corrected chi connectivity index (χ4v) is 2.81. The number of H-pyrrole nitrogens is 1. The molecule has 3 rings (SSSR count). The number of hydrogen-bond acceptors (Lipinski definition) is 2. The highest BCUT2D eigenvalue weighted by molar-refractivity contribution is 5.90. The summed E-state index contributed by atoms with van der Waals surface area (Å²) in [5, 5.41) is 13.0. The van der Waals surface area contributed by atoms with Crippen LogP contribution >= 0.6 is 0 Å². The molecule has 0 aliphatic carbocycles. The zero-order valence-corrected chi connectivity index (χ0v) is 13.4. The summed E-state index contributed by atoms with van der Waals surface area (Å²) in [7, 11) is 0. The molecule has 1 aromatic heterocycles. The van der Waals surface area contributed by atoms with Gasteiger partial charge < -0.3 is 15.4 Å². The molecule has 1 heterocycles. The van der Waals surface area contributed by atoms with Gasteiger partial charge in [0.2, 0.25) is 5.91 Å². The molecule has 3 aromatic rings. The molecule has 0 fully saturated rings. The monoisotopic (exact) mass is 326 g/mol. The normalized spacial score (nSPS) is 11.0. The van der Waals surface area contributed by atoms with Gasteiger partial charge in [0, 0.05) is 29.2 Å². The zero-order chi connectivity index (χ0) is 17.1. The summed E-state index contributed by atoms with van der Waals surface area (Å²) < 4.78 is 13.4. The molecule has 3 N–H and O–H groups in total. The van der Waals surface area contributed by atoms with E-state index in [1.165, 1.54) is 6.07 Å². The first-order valence-corrected chi connectivity index (χ1v) is 7.79. The Morgan fingerprint density at radius 1 is 1.25 bits per heavy atom. The number of rotatable bonds is 5. The van der Waals surface area contributed by atoms with Crippen molar-refractivity contribution in [3.8, 4) is 0 Å². The molecule has 4 nitrogen and oxygen atoms in total. The molecular formula is C19H19FN2O2. The number of aliphatic hydroxyl groups excluding tert-OH is 1. The van der Waals surface area contributed by atoms with E-state index in [1.54, 1.807) is 12.1 Å². The molecule has 2 aromatic carbocycles. The van der Waals surface area contributed by atoms with Crippen molar-refractivity contribution < 1.29 is 14.3 Å². The van der Waals surface area contributed by atoms with Crippen molar-refractivity contribution in [2.24, 2.45) is 0 Å². The highest BCUT2D eigenvalue weighted by atomic mass is 19.1. The van der Waals surface area contributed by atoms with E-state index in [2.05, 4.69) is 10.3 Å². The second-order valence-corrected chi connectivity index (χ2v) is 5.85. The van der Waals surface area contributed by atoms with Gasteiger partial charge in [-0.15, -0.1) is 0 Å². The zero-order valence-electron chi connectivity index (χ0n) is 13.4. The van der Waals surface area contributed by atoms with E-state index in [1.807, 2.05) is 31.3 Å². The Bertz CT molecular complexity index is 886. The van der Waals surface area contributed by atoms with Crippen LogP contribution in [0.4, 0.5) is 4.39 Å². The molecule has 0 spiro atoms. The number of nitrogens with one attached hydrogen (secondary N) is 2. The van der Waals surface area contributed by atoms with Gasteiger partial charge in [0.1, 0.15) is 5.82 Å². The molecule has 24 heavy (non-hydrogen) atoms. The van der Waals surface area contributed by atoms with E-state index in [9.17, 15) is 9.18 Å². The molecular weight excluding hydrogens is 307 g/mol. The molecule has 0 atom stereocenters. The number of amides is 1. The van der Waals surface area contributed by atoms with Gasteiger partial charge in [-0.05, 0) is 35.7 Å². The van der Waals surface area contributed by atoms with Crippen LogP contribution in [0, 0.1) is 12.7 Å². The Hall–Kier alpha value is -2.66. The maximum absolute atomic E-state index is 13.4. The molecule has 0 saturated carbocycles. The van der Waals surface area contributed by atoms with Crippen molar-refractivity contribution in [3.05, 3.63) is 70.7 Å². The summed E-state index contributed by atoms with van der Waals surface area (Å²) >= 11 is 0. The third-order valence-electron chi connectivity index (χ3n) is 4.13. The van der Waals surface area contributed by atoms with E-state index < -0.39 is 5.82 Å². The van der Waals surface area contributed by atoms with Gasteiger partial charge in [0.15, 0.2) is 0 Å². The van der Waals surface area contributed by atoms with E-state index in [0.29, 0.717) is 6.54 Å². The van der Waals surface area contributed by atoms with Crippen molar-refractivity contribution >= 4 is 16.8 Å². The summed E-state index contributed by atoms with van der Waals surface area (Å²) in [5.41, 5.74) is 4.12. The topological polar surface area (TPSA) is 65.1 Å². The molecule has 0 unspecified atom stereocenters. The summed E-state index contributed by atoms with van der Waals surface area (Å²) in [5.74, 6) is -0.547. The lowest BCUT2D eigenvalue weighted by atomic mass is 10.1. The standard InChI is InChI=1S/C19H19FN2O2/c1-12-3-2-4-16-14(10-22-19(12)16)8-18(24)21-9-13-5-6-17(20)15(7-13)11-23/h2-7,10,22-23H,8-9,11H2,1H3,(H,21,24). The number of aryl methyl sites for hydroxylation is 1. The van der Waals surface area contributed by atoms with Crippen LogP contribution in [0.1, 0.15) is 22.3 Å². The average molecular weight is 326 g/mol. The highest BCUT2D eigenvalue weighted by Crippen LogP contribution is 2.21. The van der Waals surface area contributed by atoms with Crippen LogP contribution in [0.2, 0.25) is 0 Å². The van der Waals surface area contributed by atoms with Crippen LogP contribution in [0.3, 0.4) is 0 Å². The number of aromatic nitrogens is 1. The lowest BCUT2D eigenvalue weighted by molar-refractivity contribution is -0.120. The highest BCUT2D eigenvalue weighted by Gasteiger charge is 2.10. The predicted octanol–water partition coefficient (Wildman–Crippen LogP) is 2.97. The number of aromatic amines is 1. The Labute approximate surface area is 139 Å². The largest absolute Gasteiger partial charge is 0.392 e. The van der Waals surface area contributed by atoms with Crippen molar-refractivity contribution in [2.75, 3.05) is 0 Å². The minimum absolute atomic E-state index is 0.104. The molecule has 0 aliphatic heterocycles. The number of halogens is 1. The minimum Gasteiger partial charge on any atom is -0.392 e. The van der Waals surface area contributed by atoms with Crippen molar-refractivity contribution in [1.29, 1.82) is 0 Å². The molecule has 5 heteroatoms. The molecule has 0 bridgehead atoms. The number of hydrogen-bond donors (Lipinski definition) is 3. The van der Waals surface area contributed by atoms with Crippen molar-refractivity contribution in [3.63, 3.8) is 0 Å². The van der Waals surface area contributed by atoms with Gasteiger partial charge in [0.25, 0.3) is 0 Å². The fraction of sp³-hybridized carbons (Fsp3) is 0.211. The maximum atomic E-state index is 13.4. The Kier molecular flexibility index (Phi) is 4.62. The molecule has 1 amide bonds. The van der Waals surface area contributed by atoms with Crippen molar-refractivity contribution in [1.82, 2.24) is 10.3 Å². The van der Waals surface area contributed by atoms with Gasteiger partial charge in [0.05, 0.1) is 13.0 Å². The van der Waals surface area contributed by atoms with Crippen LogP contribution in [0.5, 0.6) is 0 Å². The quantitative estimate of drug-likeness (QED) is 0.675. The second kappa shape index (κ2) is 6.84. The third kappa shape index (κ3) is 3.31. The van der Waals surface area contributed by atoms with E-state index in [0.717, 1.165) is 27.6 Å². The second-order valence-electron chi connectivity index (χ2n) is 5.85. The first kappa shape index (κ1) is 16.2. The smallest absolute Gasteiger partial charge is 0.224 e. The van der Waals surface area contributed by atoms with E-state index in [4.69, 9.17) is 5.11 Å². The van der Waals surface area contributed by atoms with Gasteiger partial charge in [-0.2, -0.15) is 0 Å². The molecule has 0 radical (unpaired) electrons. The Morgan fingerprint density at radius 2 is 2.08 bits per heavy atom. The Morgan fingerprint density at radius 3 is 2.88 bits per heavy atom. The van der Waals surface area contributed by atoms with Crippen LogP contribution in [-0.4, -0.2) is 16.0 Å². The third-order valence-corrected chi connectivity index (χ3v) is 4.13. The van der Waals surface area contributed by atoms with Crippen molar-refractivity contribution in [2.45, 2.75) is 26.5 Å². The van der Waals surface area contributed by atoms with Gasteiger partial charge in [-0.25, -0.2) is 4.39 Å². The lowest BCUT2D eigenvalue weighted by Gasteiger charge is -2.07. The molecule has 0 saturated heterocycles. The number of carbonyl (C=O) groups is 1. The number of benzene rings is 2. The van der Waals surface area contributed by atoms with Gasteiger partial charge >= 0.3 is 0 Å². The SMILES string of the molecule is Cc1cccc2c(CC(=O)NCc3ccc(F)c(CO)c3)c[nH]c12. The number of fused-ring (bicyclic) bond motifs is 1. The van der Waals surface area contributed by atoms with Gasteiger partial charge in [-0.1, -0.05) is 24.3 Å². The minimum atomic E-state index is -0.443. The summed E-state index contributed by atoms with van der Waals surface area (Å²) in [6.45, 7) is 1.96. The first-order chi connectivity index (χ1) is 11.6.